The number of nitrogens with zero attached hydrogens (tertiary/aromatic N) is 2. The summed E-state index contributed by atoms with van der Waals surface area (Å²) >= 11 is 7.07. The lowest BCUT2D eigenvalue weighted by Gasteiger charge is -2.13. The quantitative estimate of drug-likeness (QED) is 0.371. The van der Waals surface area contributed by atoms with E-state index >= 15 is 0 Å². The van der Waals surface area contributed by atoms with Gasteiger partial charge < -0.3 is 14.6 Å². The Kier molecular flexibility index (Phi) is 7.17. The number of aromatic nitrogens is 1. The van der Waals surface area contributed by atoms with Crippen molar-refractivity contribution < 1.29 is 19.1 Å². The molecule has 0 atom stereocenters. The Hall–Kier alpha value is -3.07. The molecule has 0 unspecified atom stereocenters. The number of hydrogen-bond donors (Lipinski definition) is 1. The molecule has 1 fully saturated rings. The van der Waals surface area contributed by atoms with Gasteiger partial charge in [0.1, 0.15) is 6.54 Å². The number of fused-ring (bicyclic) bond motifs is 1. The Balaban J connectivity index is 1.60. The smallest absolute Gasteiger partial charge is 0.298 e. The van der Waals surface area contributed by atoms with Crippen LogP contribution in [-0.4, -0.2) is 41.9 Å². The van der Waals surface area contributed by atoms with E-state index in [0.717, 1.165) is 39.5 Å². The number of para-hydroxylation sites is 2. The number of rotatable bonds is 8. The van der Waals surface area contributed by atoms with Crippen molar-refractivity contribution in [1.82, 2.24) is 9.88 Å². The summed E-state index contributed by atoms with van der Waals surface area (Å²) in [7, 11) is 1.62. The highest BCUT2D eigenvalue weighted by Crippen LogP contribution is 2.39. The molecule has 0 bridgehead atoms. The van der Waals surface area contributed by atoms with E-state index in [9.17, 15) is 14.4 Å². The lowest BCUT2D eigenvalue weighted by molar-refractivity contribution is -0.121. The molecule has 33 heavy (non-hydrogen) atoms. The Morgan fingerprint density at radius 3 is 2.70 bits per heavy atom. The molecule has 9 heteroatoms. The number of ether oxygens (including phenoxy) is 1. The van der Waals surface area contributed by atoms with Crippen LogP contribution >= 0.6 is 23.4 Å². The summed E-state index contributed by atoms with van der Waals surface area (Å²) in [5.74, 6) is -0.539. The van der Waals surface area contributed by atoms with Gasteiger partial charge in [0.05, 0.1) is 15.6 Å². The number of halogens is 1. The summed E-state index contributed by atoms with van der Waals surface area (Å²) in [6.07, 6.45) is 4.25. The molecule has 0 spiro atoms. The van der Waals surface area contributed by atoms with Crippen molar-refractivity contribution in [3.8, 4) is 0 Å². The van der Waals surface area contributed by atoms with E-state index in [1.54, 1.807) is 37.5 Å². The van der Waals surface area contributed by atoms with E-state index in [1.807, 2.05) is 35.0 Å². The van der Waals surface area contributed by atoms with Crippen LogP contribution in [0.5, 0.6) is 0 Å². The normalized spacial score (nSPS) is 15.1. The number of amides is 3. The zero-order valence-electron chi connectivity index (χ0n) is 17.9. The lowest BCUT2D eigenvalue weighted by atomic mass is 10.1. The maximum absolute atomic E-state index is 13.0. The standard InChI is InChI=1S/C24H22ClN3O4S/c1-32-12-6-11-26-22(29)15-27-14-16(17-7-2-4-9-19(17)27)13-21-23(30)28(24(31)33-21)20-10-5-3-8-18(20)25/h2-5,7-10,13-14H,6,11-12,15H2,1H3,(H,26,29)/b21-13-. The minimum absolute atomic E-state index is 0.113. The lowest BCUT2D eigenvalue weighted by Crippen LogP contribution is -2.28. The average molecular weight is 484 g/mol. The van der Waals surface area contributed by atoms with Gasteiger partial charge in [0.25, 0.3) is 11.1 Å². The number of hydrogen-bond acceptors (Lipinski definition) is 5. The predicted molar refractivity (Wildman–Crippen MR) is 131 cm³/mol. The molecule has 2 aromatic carbocycles. The fourth-order valence-corrected chi connectivity index (χ4v) is 4.67. The maximum Gasteiger partial charge on any atom is 0.298 e. The maximum atomic E-state index is 13.0. The number of thioether (sulfide) groups is 1. The van der Waals surface area contributed by atoms with E-state index in [2.05, 4.69) is 5.32 Å². The van der Waals surface area contributed by atoms with Crippen molar-refractivity contribution in [2.45, 2.75) is 13.0 Å². The predicted octanol–water partition coefficient (Wildman–Crippen LogP) is 4.69. The molecular weight excluding hydrogens is 462 g/mol. The van der Waals surface area contributed by atoms with Crippen LogP contribution in [0, 0.1) is 0 Å². The number of imide groups is 1. The molecular formula is C24H22ClN3O4S. The van der Waals surface area contributed by atoms with Crippen molar-refractivity contribution in [2.24, 2.45) is 0 Å². The summed E-state index contributed by atoms with van der Waals surface area (Å²) in [6.45, 7) is 1.26. The first-order chi connectivity index (χ1) is 16.0. The second kappa shape index (κ2) is 10.2. The van der Waals surface area contributed by atoms with Crippen molar-refractivity contribution in [3.63, 3.8) is 0 Å². The first kappa shape index (κ1) is 23.1. The number of benzene rings is 2. The second-order valence-corrected chi connectivity index (χ2v) is 8.79. The van der Waals surface area contributed by atoms with Gasteiger partial charge in [0.2, 0.25) is 5.91 Å². The summed E-state index contributed by atoms with van der Waals surface area (Å²) in [5, 5.41) is 3.69. The highest BCUT2D eigenvalue weighted by Gasteiger charge is 2.37. The minimum atomic E-state index is -0.425. The van der Waals surface area contributed by atoms with E-state index in [4.69, 9.17) is 16.3 Å². The SMILES string of the molecule is COCCCNC(=O)Cn1cc(/C=C2\SC(=O)N(c3ccccc3Cl)C2=O)c2ccccc21. The zero-order valence-corrected chi connectivity index (χ0v) is 19.5. The van der Waals surface area contributed by atoms with Crippen LogP contribution in [0.2, 0.25) is 5.02 Å². The van der Waals surface area contributed by atoms with Crippen LogP contribution in [0.4, 0.5) is 10.5 Å². The average Bonchev–Trinajstić information content (AvgIpc) is 3.28. The van der Waals surface area contributed by atoms with Gasteiger partial charge >= 0.3 is 0 Å². The fourth-order valence-electron chi connectivity index (χ4n) is 3.63. The molecule has 170 valence electrons. The Morgan fingerprint density at radius 2 is 1.91 bits per heavy atom. The first-order valence-electron chi connectivity index (χ1n) is 10.4. The molecule has 4 rings (SSSR count). The number of nitrogens with one attached hydrogen (secondary N) is 1. The van der Waals surface area contributed by atoms with E-state index < -0.39 is 11.1 Å². The Morgan fingerprint density at radius 1 is 1.15 bits per heavy atom. The van der Waals surface area contributed by atoms with Gasteiger partial charge in [-0.15, -0.1) is 0 Å². The Labute approximate surface area is 200 Å². The van der Waals surface area contributed by atoms with Crippen LogP contribution in [-0.2, 0) is 20.9 Å². The van der Waals surface area contributed by atoms with Crippen molar-refractivity contribution >= 4 is 63.1 Å². The summed E-state index contributed by atoms with van der Waals surface area (Å²) in [5.41, 5.74) is 1.97. The molecule has 0 radical (unpaired) electrons. The van der Waals surface area contributed by atoms with Gasteiger partial charge in [0.15, 0.2) is 0 Å². The van der Waals surface area contributed by atoms with Gasteiger partial charge in [-0.2, -0.15) is 0 Å². The highest BCUT2D eigenvalue weighted by atomic mass is 35.5. The molecule has 3 aromatic rings. The zero-order chi connectivity index (χ0) is 23.4. The van der Waals surface area contributed by atoms with E-state index in [-0.39, 0.29) is 12.5 Å². The summed E-state index contributed by atoms with van der Waals surface area (Å²) < 4.78 is 6.84. The van der Waals surface area contributed by atoms with E-state index in [0.29, 0.717) is 28.8 Å². The first-order valence-corrected chi connectivity index (χ1v) is 11.5. The van der Waals surface area contributed by atoms with Crippen LogP contribution < -0.4 is 10.2 Å². The van der Waals surface area contributed by atoms with Crippen molar-refractivity contribution in [1.29, 1.82) is 0 Å². The topological polar surface area (TPSA) is 80.6 Å². The largest absolute Gasteiger partial charge is 0.385 e. The number of carbonyl (C=O) groups is 3. The number of methoxy groups -OCH3 is 1. The fraction of sp³-hybridized carbons (Fsp3) is 0.208. The van der Waals surface area contributed by atoms with Crippen LogP contribution in [0.1, 0.15) is 12.0 Å². The van der Waals surface area contributed by atoms with Crippen molar-refractivity contribution in [3.05, 3.63) is 70.2 Å². The molecule has 1 saturated heterocycles. The van der Waals surface area contributed by atoms with Gasteiger partial charge in [-0.1, -0.05) is 41.9 Å². The van der Waals surface area contributed by atoms with Gasteiger partial charge in [-0.3, -0.25) is 14.4 Å². The number of anilines is 1. The monoisotopic (exact) mass is 483 g/mol. The molecule has 3 amide bonds. The van der Waals surface area contributed by atoms with Gasteiger partial charge in [-0.25, -0.2) is 4.90 Å². The van der Waals surface area contributed by atoms with Gasteiger partial charge in [-0.05, 0) is 42.5 Å². The van der Waals surface area contributed by atoms with Crippen LogP contribution in [0.3, 0.4) is 0 Å². The molecule has 7 nitrogen and oxygen atoms in total. The molecule has 0 saturated carbocycles. The highest BCUT2D eigenvalue weighted by molar-refractivity contribution is 8.19. The number of carbonyl (C=O) groups excluding carboxylic acids is 3. The summed E-state index contributed by atoms with van der Waals surface area (Å²) in [4.78, 5) is 39.4. The Bertz CT molecular complexity index is 1250. The minimum Gasteiger partial charge on any atom is -0.385 e. The molecule has 2 heterocycles. The van der Waals surface area contributed by atoms with Gasteiger partial charge in [0, 0.05) is 42.9 Å². The van der Waals surface area contributed by atoms with Crippen molar-refractivity contribution in [2.75, 3.05) is 25.2 Å². The molecule has 0 aliphatic carbocycles. The third kappa shape index (κ3) is 4.98. The molecule has 1 aromatic heterocycles. The third-order valence-electron chi connectivity index (χ3n) is 5.15. The van der Waals surface area contributed by atoms with E-state index in [1.165, 1.54) is 0 Å². The molecule has 1 aliphatic heterocycles. The summed E-state index contributed by atoms with van der Waals surface area (Å²) in [6, 6.07) is 14.4. The van der Waals surface area contributed by atoms with Crippen LogP contribution in [0.15, 0.2) is 59.6 Å². The molecule has 1 aliphatic rings. The molecule has 1 N–H and O–H groups in total. The van der Waals surface area contributed by atoms with Crippen LogP contribution in [0.25, 0.3) is 17.0 Å². The third-order valence-corrected chi connectivity index (χ3v) is 6.34. The second-order valence-electron chi connectivity index (χ2n) is 7.39.